The van der Waals surface area contributed by atoms with Gasteiger partial charge in [-0.05, 0) is 44.1 Å². The molecule has 0 radical (unpaired) electrons. The molecule has 180 valence electrons. The van der Waals surface area contributed by atoms with E-state index in [9.17, 15) is 29.4 Å². The zero-order valence-corrected chi connectivity index (χ0v) is 18.7. The minimum Gasteiger partial charge on any atom is -0.480 e. The first-order chi connectivity index (χ1) is 15.7. The second-order valence-corrected chi connectivity index (χ2v) is 8.80. The average Bonchev–Trinajstić information content (AvgIpc) is 3.20. The van der Waals surface area contributed by atoms with Crippen molar-refractivity contribution in [2.45, 2.75) is 56.8 Å². The van der Waals surface area contributed by atoms with Crippen LogP contribution >= 0.6 is 0 Å². The van der Waals surface area contributed by atoms with Crippen LogP contribution < -0.4 is 11.1 Å². The van der Waals surface area contributed by atoms with Gasteiger partial charge in [-0.2, -0.15) is 0 Å². The highest BCUT2D eigenvalue weighted by Gasteiger charge is 2.50. The van der Waals surface area contributed by atoms with Crippen LogP contribution in [-0.4, -0.2) is 87.6 Å². The van der Waals surface area contributed by atoms with Crippen LogP contribution in [0.1, 0.15) is 31.7 Å². The van der Waals surface area contributed by atoms with Gasteiger partial charge < -0.3 is 25.7 Å². The van der Waals surface area contributed by atoms with E-state index in [1.54, 1.807) is 11.8 Å². The Morgan fingerprint density at radius 2 is 1.88 bits per heavy atom. The second kappa shape index (κ2) is 10.8. The van der Waals surface area contributed by atoms with Crippen molar-refractivity contribution in [3.05, 3.63) is 35.9 Å². The number of rotatable bonds is 9. The zero-order chi connectivity index (χ0) is 24.1. The van der Waals surface area contributed by atoms with E-state index in [0.717, 1.165) is 5.56 Å². The van der Waals surface area contributed by atoms with E-state index in [-0.39, 0.29) is 31.3 Å². The van der Waals surface area contributed by atoms with Crippen LogP contribution in [0, 0.1) is 5.92 Å². The van der Waals surface area contributed by atoms with Crippen molar-refractivity contribution < 1.29 is 29.4 Å². The Kier molecular flexibility index (Phi) is 8.04. The van der Waals surface area contributed by atoms with E-state index >= 15 is 0 Å². The molecule has 2 aliphatic rings. The van der Waals surface area contributed by atoms with E-state index in [1.807, 2.05) is 30.3 Å². The maximum Gasteiger partial charge on any atom is 0.326 e. The number of carboxylic acids is 2. The molecule has 3 rings (SSSR count). The normalized spacial score (nSPS) is 24.1. The molecule has 2 amide bonds. The van der Waals surface area contributed by atoms with E-state index < -0.39 is 42.0 Å². The van der Waals surface area contributed by atoms with Crippen molar-refractivity contribution in [3.63, 3.8) is 0 Å². The number of nitrogens with two attached hydrogens (primary N) is 1. The molecular weight excluding hydrogens is 428 g/mol. The number of carboxylic acid groups (broad SMARTS) is 2. The van der Waals surface area contributed by atoms with Crippen LogP contribution in [0.15, 0.2) is 30.3 Å². The number of benzene rings is 1. The maximum atomic E-state index is 13.4. The Morgan fingerprint density at radius 3 is 2.48 bits per heavy atom. The number of aliphatic carboxylic acids is 2. The summed E-state index contributed by atoms with van der Waals surface area (Å²) in [7, 11) is 0. The molecule has 2 heterocycles. The third kappa shape index (κ3) is 5.69. The number of hydrogen-bond donors (Lipinski definition) is 4. The summed E-state index contributed by atoms with van der Waals surface area (Å²) in [6.07, 6.45) is 1.72. The zero-order valence-electron chi connectivity index (χ0n) is 18.7. The van der Waals surface area contributed by atoms with Crippen molar-refractivity contribution in [1.29, 1.82) is 0 Å². The van der Waals surface area contributed by atoms with Crippen molar-refractivity contribution in [1.82, 2.24) is 15.1 Å². The highest BCUT2D eigenvalue weighted by molar-refractivity contribution is 5.88. The molecule has 33 heavy (non-hydrogen) atoms. The number of likely N-dealkylation sites (tertiary alicyclic amines) is 2. The van der Waals surface area contributed by atoms with Crippen molar-refractivity contribution in [2.24, 2.45) is 11.7 Å². The smallest absolute Gasteiger partial charge is 0.326 e. The van der Waals surface area contributed by atoms with E-state index in [1.165, 1.54) is 4.90 Å². The first-order valence-electron chi connectivity index (χ1n) is 11.3. The first kappa shape index (κ1) is 24.7. The summed E-state index contributed by atoms with van der Waals surface area (Å²) in [6, 6.07) is 6.16. The van der Waals surface area contributed by atoms with Crippen LogP contribution in [0.4, 0.5) is 0 Å². The van der Waals surface area contributed by atoms with Gasteiger partial charge in [0, 0.05) is 13.1 Å². The lowest BCUT2D eigenvalue weighted by Gasteiger charge is -2.39. The molecule has 5 atom stereocenters. The molecule has 0 bridgehead atoms. The van der Waals surface area contributed by atoms with Gasteiger partial charge in [0.05, 0.1) is 18.6 Å². The largest absolute Gasteiger partial charge is 0.480 e. The predicted molar refractivity (Wildman–Crippen MR) is 119 cm³/mol. The maximum absolute atomic E-state index is 13.4. The Labute approximate surface area is 192 Å². The van der Waals surface area contributed by atoms with E-state index in [2.05, 4.69) is 5.32 Å². The van der Waals surface area contributed by atoms with Crippen molar-refractivity contribution in [2.75, 3.05) is 19.6 Å². The predicted octanol–water partition coefficient (Wildman–Crippen LogP) is -0.0882. The molecule has 10 nitrogen and oxygen atoms in total. The van der Waals surface area contributed by atoms with Crippen LogP contribution in [0.3, 0.4) is 0 Å². The first-order valence-corrected chi connectivity index (χ1v) is 11.3. The summed E-state index contributed by atoms with van der Waals surface area (Å²) in [5, 5.41) is 22.3. The van der Waals surface area contributed by atoms with Gasteiger partial charge in [-0.15, -0.1) is 0 Å². The number of hydrogen-bond acceptors (Lipinski definition) is 6. The third-order valence-electron chi connectivity index (χ3n) is 6.69. The van der Waals surface area contributed by atoms with Crippen LogP contribution in [0.25, 0.3) is 0 Å². The fourth-order valence-electron chi connectivity index (χ4n) is 4.92. The fourth-order valence-corrected chi connectivity index (χ4v) is 4.92. The molecule has 2 fully saturated rings. The number of fused-ring (bicyclic) bond motifs is 1. The molecule has 1 aromatic rings. The van der Waals surface area contributed by atoms with E-state index in [4.69, 9.17) is 5.73 Å². The molecular formula is C23H32N4O6. The summed E-state index contributed by atoms with van der Waals surface area (Å²) < 4.78 is 0. The number of carbonyl (C=O) groups is 4. The summed E-state index contributed by atoms with van der Waals surface area (Å²) >= 11 is 0. The summed E-state index contributed by atoms with van der Waals surface area (Å²) in [6.45, 7) is 2.13. The molecule has 5 N–H and O–H groups in total. The molecule has 2 saturated heterocycles. The van der Waals surface area contributed by atoms with Gasteiger partial charge in [-0.3, -0.25) is 19.7 Å². The van der Waals surface area contributed by atoms with Crippen LogP contribution in [0.2, 0.25) is 0 Å². The monoisotopic (exact) mass is 460 g/mol. The second-order valence-electron chi connectivity index (χ2n) is 8.80. The van der Waals surface area contributed by atoms with Gasteiger partial charge in [-0.1, -0.05) is 30.3 Å². The number of piperidine rings is 1. The van der Waals surface area contributed by atoms with Crippen molar-refractivity contribution in [3.8, 4) is 0 Å². The van der Waals surface area contributed by atoms with E-state index in [0.29, 0.717) is 25.8 Å². The third-order valence-corrected chi connectivity index (χ3v) is 6.69. The van der Waals surface area contributed by atoms with Gasteiger partial charge in [0.15, 0.2) is 0 Å². The topological polar surface area (TPSA) is 153 Å². The lowest BCUT2D eigenvalue weighted by molar-refractivity contribution is -0.152. The standard InChI is InChI=1S/C23H32N4O6/c1-14(25-17(22(30)31)8-7-15-5-3-2-4-6-15)21(29)27-18(23(32)33)11-16-9-10-26(13-19(16)27)20(28)12-24/h2-6,14,16-19,25H,7-13,24H2,1H3,(H,30,31)(H,32,33). The molecule has 1 aromatic carbocycles. The highest BCUT2D eigenvalue weighted by Crippen LogP contribution is 2.36. The van der Waals surface area contributed by atoms with Gasteiger partial charge in [-0.25, -0.2) is 4.79 Å². The summed E-state index contributed by atoms with van der Waals surface area (Å²) in [5.74, 6) is -2.91. The van der Waals surface area contributed by atoms with Crippen LogP contribution in [-0.2, 0) is 25.6 Å². The number of nitrogens with one attached hydrogen (secondary N) is 1. The number of nitrogens with zero attached hydrogens (tertiary/aromatic N) is 2. The molecule has 2 aliphatic heterocycles. The van der Waals surface area contributed by atoms with Gasteiger partial charge >= 0.3 is 11.9 Å². The number of carbonyl (C=O) groups excluding carboxylic acids is 2. The minimum atomic E-state index is -1.10. The number of amides is 2. The Balaban J connectivity index is 1.71. The SMILES string of the molecule is CC(NC(CCc1ccccc1)C(=O)O)C(=O)N1C(C(=O)O)CC2CCN(C(=O)CN)CC21. The molecule has 0 aromatic heterocycles. The minimum absolute atomic E-state index is 0.0302. The molecule has 0 aliphatic carbocycles. The molecule has 5 unspecified atom stereocenters. The summed E-state index contributed by atoms with van der Waals surface area (Å²) in [5.41, 5.74) is 6.47. The van der Waals surface area contributed by atoms with Crippen molar-refractivity contribution >= 4 is 23.8 Å². The Morgan fingerprint density at radius 1 is 1.18 bits per heavy atom. The molecule has 10 heteroatoms. The van der Waals surface area contributed by atoms with Gasteiger partial charge in [0.2, 0.25) is 11.8 Å². The summed E-state index contributed by atoms with van der Waals surface area (Å²) in [4.78, 5) is 52.1. The lowest BCUT2D eigenvalue weighted by Crippen LogP contribution is -2.59. The van der Waals surface area contributed by atoms with Gasteiger partial charge in [0.25, 0.3) is 0 Å². The average molecular weight is 461 g/mol. The van der Waals surface area contributed by atoms with Gasteiger partial charge in [0.1, 0.15) is 12.1 Å². The van der Waals surface area contributed by atoms with Crippen LogP contribution in [0.5, 0.6) is 0 Å². The number of aryl methyl sites for hydroxylation is 1. The highest BCUT2D eigenvalue weighted by atomic mass is 16.4. The Bertz CT molecular complexity index is 879. The molecule has 0 saturated carbocycles. The lowest BCUT2D eigenvalue weighted by atomic mass is 9.91. The quantitative estimate of drug-likeness (QED) is 0.399. The Hall–Kier alpha value is -2.98. The molecule has 0 spiro atoms. The fraction of sp³-hybridized carbons (Fsp3) is 0.565.